The Morgan fingerprint density at radius 2 is 1.70 bits per heavy atom. The molecule has 1 aromatic heterocycles. The van der Waals surface area contributed by atoms with Gasteiger partial charge >= 0.3 is 0 Å². The van der Waals surface area contributed by atoms with Gasteiger partial charge in [0, 0.05) is 11.6 Å². The molecule has 0 fully saturated rings. The number of aromatic nitrogens is 2. The van der Waals surface area contributed by atoms with E-state index < -0.39 is 0 Å². The van der Waals surface area contributed by atoms with Gasteiger partial charge < -0.3 is 9.88 Å². The van der Waals surface area contributed by atoms with Crippen LogP contribution in [0.15, 0.2) is 78.0 Å². The van der Waals surface area contributed by atoms with Crippen molar-refractivity contribution in [3.63, 3.8) is 0 Å². The van der Waals surface area contributed by atoms with Crippen molar-refractivity contribution in [2.45, 2.75) is 18.2 Å². The number of amides is 1. The number of carbonyl (C=O) groups excluding carboxylic acids is 1. The highest BCUT2D eigenvalue weighted by molar-refractivity contribution is 7.99. The summed E-state index contributed by atoms with van der Waals surface area (Å²) >= 11 is 7.27. The SMILES string of the molecule is O=C(CSc1nc2ccccc2n1Cc1ccc(F)cc1)NCc1ccc(Cl)cc1. The molecule has 30 heavy (non-hydrogen) atoms. The Balaban J connectivity index is 1.45. The van der Waals surface area contributed by atoms with E-state index in [1.54, 1.807) is 24.3 Å². The Kier molecular flexibility index (Phi) is 6.35. The number of halogens is 2. The van der Waals surface area contributed by atoms with Crippen LogP contribution in [-0.4, -0.2) is 21.2 Å². The number of para-hydroxylation sites is 2. The van der Waals surface area contributed by atoms with E-state index in [4.69, 9.17) is 11.6 Å². The van der Waals surface area contributed by atoms with Gasteiger partial charge in [0.1, 0.15) is 5.82 Å². The average Bonchev–Trinajstić information content (AvgIpc) is 3.11. The number of imidazole rings is 1. The minimum absolute atomic E-state index is 0.0738. The molecule has 4 nitrogen and oxygen atoms in total. The van der Waals surface area contributed by atoms with Crippen LogP contribution in [-0.2, 0) is 17.9 Å². The second-order valence-electron chi connectivity index (χ2n) is 6.79. The first kappa shape index (κ1) is 20.4. The van der Waals surface area contributed by atoms with Crippen LogP contribution in [0.4, 0.5) is 4.39 Å². The maximum Gasteiger partial charge on any atom is 0.230 e. The first-order valence-corrected chi connectivity index (χ1v) is 10.8. The fourth-order valence-corrected chi connectivity index (χ4v) is 4.04. The number of benzene rings is 3. The third kappa shape index (κ3) is 5.01. The van der Waals surface area contributed by atoms with Crippen molar-refractivity contribution in [2.75, 3.05) is 5.75 Å². The highest BCUT2D eigenvalue weighted by atomic mass is 35.5. The molecule has 0 saturated carbocycles. The van der Waals surface area contributed by atoms with Crippen molar-refractivity contribution in [1.82, 2.24) is 14.9 Å². The summed E-state index contributed by atoms with van der Waals surface area (Å²) in [5, 5.41) is 4.34. The summed E-state index contributed by atoms with van der Waals surface area (Å²) in [6, 6.07) is 21.6. The molecular weight excluding hydrogens is 421 g/mol. The molecule has 3 aromatic carbocycles. The predicted octanol–water partition coefficient (Wildman–Crippen LogP) is 5.29. The fourth-order valence-electron chi connectivity index (χ4n) is 3.07. The fraction of sp³-hybridized carbons (Fsp3) is 0.130. The lowest BCUT2D eigenvalue weighted by atomic mass is 10.2. The van der Waals surface area contributed by atoms with Crippen LogP contribution in [0.25, 0.3) is 11.0 Å². The Morgan fingerprint density at radius 3 is 2.47 bits per heavy atom. The van der Waals surface area contributed by atoms with E-state index in [2.05, 4.69) is 14.9 Å². The van der Waals surface area contributed by atoms with Crippen LogP contribution < -0.4 is 5.32 Å². The van der Waals surface area contributed by atoms with Crippen molar-refractivity contribution >= 4 is 40.3 Å². The standard InChI is InChI=1S/C23H19ClFN3OS/c24-18-9-5-16(6-10-18)13-26-22(29)15-30-23-27-20-3-1-2-4-21(20)28(23)14-17-7-11-19(25)12-8-17/h1-12H,13-15H2,(H,26,29). The topological polar surface area (TPSA) is 46.9 Å². The molecule has 7 heteroatoms. The lowest BCUT2D eigenvalue weighted by molar-refractivity contribution is -0.118. The molecule has 0 radical (unpaired) electrons. The molecule has 1 N–H and O–H groups in total. The van der Waals surface area contributed by atoms with Crippen LogP contribution in [0, 0.1) is 5.82 Å². The van der Waals surface area contributed by atoms with E-state index in [1.165, 1.54) is 23.9 Å². The van der Waals surface area contributed by atoms with Gasteiger partial charge in [-0.15, -0.1) is 0 Å². The molecule has 1 amide bonds. The van der Waals surface area contributed by atoms with E-state index >= 15 is 0 Å². The van der Waals surface area contributed by atoms with Gasteiger partial charge in [-0.25, -0.2) is 9.37 Å². The summed E-state index contributed by atoms with van der Waals surface area (Å²) in [4.78, 5) is 17.0. The Bertz CT molecular complexity index is 1160. The van der Waals surface area contributed by atoms with Crippen molar-refractivity contribution in [1.29, 1.82) is 0 Å². The number of hydrogen-bond donors (Lipinski definition) is 1. The number of hydrogen-bond acceptors (Lipinski definition) is 3. The largest absolute Gasteiger partial charge is 0.351 e. The zero-order valence-corrected chi connectivity index (χ0v) is 17.6. The molecule has 0 bridgehead atoms. The first-order valence-electron chi connectivity index (χ1n) is 9.42. The monoisotopic (exact) mass is 439 g/mol. The van der Waals surface area contributed by atoms with Crippen molar-refractivity contribution < 1.29 is 9.18 Å². The molecule has 0 aliphatic heterocycles. The molecule has 4 aromatic rings. The number of thioether (sulfide) groups is 1. The van der Waals surface area contributed by atoms with E-state index in [-0.39, 0.29) is 17.5 Å². The molecule has 152 valence electrons. The van der Waals surface area contributed by atoms with E-state index in [0.29, 0.717) is 18.1 Å². The Morgan fingerprint density at radius 1 is 1.00 bits per heavy atom. The van der Waals surface area contributed by atoms with Crippen molar-refractivity contribution in [3.05, 3.63) is 94.8 Å². The van der Waals surface area contributed by atoms with Crippen LogP contribution in [0.3, 0.4) is 0 Å². The number of rotatable bonds is 7. The zero-order chi connectivity index (χ0) is 20.9. The third-order valence-electron chi connectivity index (χ3n) is 4.61. The Labute approximate surface area is 183 Å². The average molecular weight is 440 g/mol. The first-order chi connectivity index (χ1) is 14.6. The van der Waals surface area contributed by atoms with Crippen LogP contribution in [0.5, 0.6) is 0 Å². The normalized spacial score (nSPS) is 11.0. The number of carbonyl (C=O) groups is 1. The molecule has 0 aliphatic carbocycles. The van der Waals surface area contributed by atoms with Gasteiger partial charge in [0.25, 0.3) is 0 Å². The summed E-state index contributed by atoms with van der Waals surface area (Å²) in [7, 11) is 0. The van der Waals surface area contributed by atoms with E-state index in [0.717, 1.165) is 27.3 Å². The van der Waals surface area contributed by atoms with Gasteiger partial charge in [-0.05, 0) is 47.5 Å². The second kappa shape index (κ2) is 9.32. The van der Waals surface area contributed by atoms with Crippen LogP contribution in [0.2, 0.25) is 5.02 Å². The summed E-state index contributed by atoms with van der Waals surface area (Å²) in [5.41, 5.74) is 3.80. The molecule has 0 spiro atoms. The summed E-state index contributed by atoms with van der Waals surface area (Å²) < 4.78 is 15.3. The third-order valence-corrected chi connectivity index (χ3v) is 5.84. The minimum Gasteiger partial charge on any atom is -0.351 e. The molecular formula is C23H19ClFN3OS. The number of fused-ring (bicyclic) bond motifs is 1. The highest BCUT2D eigenvalue weighted by Crippen LogP contribution is 2.25. The molecule has 0 unspecified atom stereocenters. The molecule has 0 saturated heterocycles. The number of nitrogens with zero attached hydrogens (tertiary/aromatic N) is 2. The Hall–Kier alpha value is -2.83. The summed E-state index contributed by atoms with van der Waals surface area (Å²) in [6.07, 6.45) is 0. The second-order valence-corrected chi connectivity index (χ2v) is 8.17. The van der Waals surface area contributed by atoms with Gasteiger partial charge in [0.15, 0.2) is 5.16 Å². The lowest BCUT2D eigenvalue weighted by Crippen LogP contribution is -2.24. The zero-order valence-electron chi connectivity index (χ0n) is 16.0. The molecule has 1 heterocycles. The van der Waals surface area contributed by atoms with Gasteiger partial charge in [-0.2, -0.15) is 0 Å². The van der Waals surface area contributed by atoms with Crippen molar-refractivity contribution in [3.8, 4) is 0 Å². The molecule has 0 atom stereocenters. The van der Waals surface area contributed by atoms with E-state index in [9.17, 15) is 9.18 Å². The van der Waals surface area contributed by atoms with Gasteiger partial charge in [-0.3, -0.25) is 4.79 Å². The lowest BCUT2D eigenvalue weighted by Gasteiger charge is -2.10. The van der Waals surface area contributed by atoms with Gasteiger partial charge in [0.2, 0.25) is 5.91 Å². The van der Waals surface area contributed by atoms with Crippen LogP contribution in [0.1, 0.15) is 11.1 Å². The maximum absolute atomic E-state index is 13.2. The number of nitrogens with one attached hydrogen (secondary N) is 1. The summed E-state index contributed by atoms with van der Waals surface area (Å²) in [5.74, 6) is -0.0862. The smallest absolute Gasteiger partial charge is 0.230 e. The summed E-state index contributed by atoms with van der Waals surface area (Å²) in [6.45, 7) is 0.998. The quantitative estimate of drug-likeness (QED) is 0.398. The van der Waals surface area contributed by atoms with Crippen molar-refractivity contribution in [2.24, 2.45) is 0 Å². The van der Waals surface area contributed by atoms with Gasteiger partial charge in [0.05, 0.1) is 23.3 Å². The highest BCUT2D eigenvalue weighted by Gasteiger charge is 2.13. The van der Waals surface area contributed by atoms with E-state index in [1.807, 2.05) is 36.4 Å². The minimum atomic E-state index is -0.263. The van der Waals surface area contributed by atoms with Crippen LogP contribution >= 0.6 is 23.4 Å². The molecule has 4 rings (SSSR count). The maximum atomic E-state index is 13.2. The molecule has 0 aliphatic rings. The predicted molar refractivity (Wildman–Crippen MR) is 119 cm³/mol. The van der Waals surface area contributed by atoms with Gasteiger partial charge in [-0.1, -0.05) is 59.8 Å².